The number of rotatable bonds is 5. The average molecular weight is 456 g/mol. The van der Waals surface area contributed by atoms with Gasteiger partial charge in [0.2, 0.25) is 11.7 Å². The first-order valence-electron chi connectivity index (χ1n) is 9.58. The van der Waals surface area contributed by atoms with E-state index < -0.39 is 0 Å². The van der Waals surface area contributed by atoms with E-state index in [1.54, 1.807) is 19.1 Å². The van der Waals surface area contributed by atoms with Crippen molar-refractivity contribution in [2.45, 2.75) is 25.2 Å². The second kappa shape index (κ2) is 8.47. The number of aryl methyl sites for hydroxylation is 1. The van der Waals surface area contributed by atoms with Crippen LogP contribution in [0.25, 0.3) is 11.4 Å². The lowest BCUT2D eigenvalue weighted by atomic mass is 9.74. The van der Waals surface area contributed by atoms with Crippen molar-refractivity contribution in [3.05, 3.63) is 70.0 Å². The molecule has 150 valence electrons. The van der Waals surface area contributed by atoms with E-state index in [0.29, 0.717) is 37.0 Å². The van der Waals surface area contributed by atoms with Crippen LogP contribution in [0.3, 0.4) is 0 Å². The average Bonchev–Trinajstić information content (AvgIpc) is 3.19. The SMILES string of the molecule is Cc1nc(-c2cccc(C(=O)NCC3(c4cccc(Br)c4)CCOCC3)c2)no1. The zero-order chi connectivity index (χ0) is 20.3. The highest BCUT2D eigenvalue weighted by molar-refractivity contribution is 9.10. The Morgan fingerprint density at radius 2 is 1.97 bits per heavy atom. The molecule has 0 saturated carbocycles. The molecule has 2 heterocycles. The zero-order valence-corrected chi connectivity index (χ0v) is 17.7. The molecule has 0 unspecified atom stereocenters. The lowest BCUT2D eigenvalue weighted by molar-refractivity contribution is 0.0487. The third-order valence-corrected chi connectivity index (χ3v) is 5.88. The van der Waals surface area contributed by atoms with Gasteiger partial charge in [-0.1, -0.05) is 45.4 Å². The monoisotopic (exact) mass is 455 g/mol. The maximum absolute atomic E-state index is 12.9. The minimum Gasteiger partial charge on any atom is -0.381 e. The van der Waals surface area contributed by atoms with Gasteiger partial charge in [0.1, 0.15) is 0 Å². The van der Waals surface area contributed by atoms with Gasteiger partial charge in [0, 0.05) is 47.7 Å². The molecule has 1 saturated heterocycles. The molecule has 0 radical (unpaired) electrons. The van der Waals surface area contributed by atoms with Crippen molar-refractivity contribution in [1.82, 2.24) is 15.5 Å². The lowest BCUT2D eigenvalue weighted by Gasteiger charge is -2.38. The van der Waals surface area contributed by atoms with E-state index >= 15 is 0 Å². The van der Waals surface area contributed by atoms with Gasteiger partial charge in [0.25, 0.3) is 5.91 Å². The normalized spacial score (nSPS) is 15.8. The van der Waals surface area contributed by atoms with Gasteiger partial charge >= 0.3 is 0 Å². The van der Waals surface area contributed by atoms with E-state index in [4.69, 9.17) is 9.26 Å². The molecule has 4 rings (SSSR count). The fourth-order valence-electron chi connectivity index (χ4n) is 3.72. The van der Waals surface area contributed by atoms with E-state index in [2.05, 4.69) is 43.5 Å². The molecule has 2 aromatic carbocycles. The third-order valence-electron chi connectivity index (χ3n) is 5.38. The van der Waals surface area contributed by atoms with E-state index in [-0.39, 0.29) is 11.3 Å². The summed E-state index contributed by atoms with van der Waals surface area (Å²) in [7, 11) is 0. The topological polar surface area (TPSA) is 77.2 Å². The van der Waals surface area contributed by atoms with E-state index in [0.717, 1.165) is 22.9 Å². The van der Waals surface area contributed by atoms with Gasteiger partial charge in [-0.15, -0.1) is 0 Å². The summed E-state index contributed by atoms with van der Waals surface area (Å²) >= 11 is 3.56. The molecular formula is C22H22BrN3O3. The lowest BCUT2D eigenvalue weighted by Crippen LogP contribution is -2.44. The Morgan fingerprint density at radius 1 is 1.17 bits per heavy atom. The number of hydrogen-bond donors (Lipinski definition) is 1. The predicted octanol–water partition coefficient (Wildman–Crippen LogP) is 4.29. The van der Waals surface area contributed by atoms with Crippen molar-refractivity contribution in [1.29, 1.82) is 0 Å². The first-order valence-corrected chi connectivity index (χ1v) is 10.4. The summed E-state index contributed by atoms with van der Waals surface area (Å²) in [6, 6.07) is 15.6. The van der Waals surface area contributed by atoms with Crippen molar-refractivity contribution >= 4 is 21.8 Å². The van der Waals surface area contributed by atoms with Crippen LogP contribution < -0.4 is 5.32 Å². The number of hydrogen-bond acceptors (Lipinski definition) is 5. The maximum Gasteiger partial charge on any atom is 0.251 e. The second-order valence-electron chi connectivity index (χ2n) is 7.30. The Balaban J connectivity index is 1.53. The number of carbonyl (C=O) groups is 1. The van der Waals surface area contributed by atoms with Crippen LogP contribution in [0.5, 0.6) is 0 Å². The van der Waals surface area contributed by atoms with Crippen molar-refractivity contribution < 1.29 is 14.1 Å². The quantitative estimate of drug-likeness (QED) is 0.620. The molecule has 0 aliphatic carbocycles. The maximum atomic E-state index is 12.9. The Kier molecular flexibility index (Phi) is 5.78. The highest BCUT2D eigenvalue weighted by Gasteiger charge is 2.35. The summed E-state index contributed by atoms with van der Waals surface area (Å²) in [6.45, 7) is 3.67. The summed E-state index contributed by atoms with van der Waals surface area (Å²) in [5.41, 5.74) is 2.40. The van der Waals surface area contributed by atoms with Crippen LogP contribution in [0, 0.1) is 6.92 Å². The molecule has 0 atom stereocenters. The molecule has 7 heteroatoms. The van der Waals surface area contributed by atoms with Gasteiger partial charge < -0.3 is 14.6 Å². The van der Waals surface area contributed by atoms with Crippen LogP contribution >= 0.6 is 15.9 Å². The van der Waals surface area contributed by atoms with Gasteiger partial charge in [-0.05, 0) is 42.7 Å². The molecule has 0 spiro atoms. The molecule has 1 fully saturated rings. The Hall–Kier alpha value is -2.51. The molecule has 1 aromatic heterocycles. The molecule has 0 bridgehead atoms. The Labute approximate surface area is 177 Å². The highest BCUT2D eigenvalue weighted by Crippen LogP contribution is 2.35. The number of halogens is 1. The number of nitrogens with zero attached hydrogens (tertiary/aromatic N) is 2. The van der Waals surface area contributed by atoms with Crippen molar-refractivity contribution in [2.24, 2.45) is 0 Å². The fourth-order valence-corrected chi connectivity index (χ4v) is 4.11. The minimum absolute atomic E-state index is 0.118. The molecule has 1 aliphatic heterocycles. The molecule has 3 aromatic rings. The van der Waals surface area contributed by atoms with Gasteiger partial charge in [-0.3, -0.25) is 4.79 Å². The van der Waals surface area contributed by atoms with Gasteiger partial charge in [-0.25, -0.2) is 0 Å². The number of benzene rings is 2. The Morgan fingerprint density at radius 3 is 2.69 bits per heavy atom. The summed E-state index contributed by atoms with van der Waals surface area (Å²) in [5.74, 6) is 0.852. The number of nitrogens with one attached hydrogen (secondary N) is 1. The van der Waals surface area contributed by atoms with Crippen molar-refractivity contribution in [2.75, 3.05) is 19.8 Å². The third kappa shape index (κ3) is 4.41. The molecule has 1 amide bonds. The first-order chi connectivity index (χ1) is 14.1. The van der Waals surface area contributed by atoms with Crippen LogP contribution in [-0.2, 0) is 10.2 Å². The second-order valence-corrected chi connectivity index (χ2v) is 8.22. The molecular weight excluding hydrogens is 434 g/mol. The van der Waals surface area contributed by atoms with Crippen LogP contribution in [0.2, 0.25) is 0 Å². The standard InChI is InChI=1S/C22H22BrN3O3/c1-15-25-20(26-29-15)16-4-2-5-17(12-16)21(27)24-14-22(8-10-28-11-9-22)18-6-3-7-19(23)13-18/h2-7,12-13H,8-11,14H2,1H3,(H,24,27). The summed E-state index contributed by atoms with van der Waals surface area (Å²) < 4.78 is 11.7. The highest BCUT2D eigenvalue weighted by atomic mass is 79.9. The number of amides is 1. The van der Waals surface area contributed by atoms with Gasteiger partial charge in [-0.2, -0.15) is 4.98 Å². The predicted molar refractivity (Wildman–Crippen MR) is 113 cm³/mol. The van der Waals surface area contributed by atoms with Gasteiger partial charge in [0.05, 0.1) is 0 Å². The Bertz CT molecular complexity index is 1010. The first kappa shape index (κ1) is 19.8. The number of carbonyl (C=O) groups excluding carboxylic acids is 1. The fraction of sp³-hybridized carbons (Fsp3) is 0.318. The summed E-state index contributed by atoms with van der Waals surface area (Å²) in [6.07, 6.45) is 1.73. The summed E-state index contributed by atoms with van der Waals surface area (Å²) in [4.78, 5) is 17.1. The summed E-state index contributed by atoms with van der Waals surface area (Å²) in [5, 5.41) is 7.07. The molecule has 6 nitrogen and oxygen atoms in total. The van der Waals surface area contributed by atoms with Crippen LogP contribution in [-0.4, -0.2) is 35.8 Å². The molecule has 1 N–H and O–H groups in total. The van der Waals surface area contributed by atoms with Gasteiger partial charge in [0.15, 0.2) is 0 Å². The molecule has 29 heavy (non-hydrogen) atoms. The van der Waals surface area contributed by atoms with Crippen LogP contribution in [0.4, 0.5) is 0 Å². The largest absolute Gasteiger partial charge is 0.381 e. The number of ether oxygens (including phenoxy) is 1. The zero-order valence-electron chi connectivity index (χ0n) is 16.2. The van der Waals surface area contributed by atoms with Crippen molar-refractivity contribution in [3.63, 3.8) is 0 Å². The number of aromatic nitrogens is 2. The van der Waals surface area contributed by atoms with E-state index in [9.17, 15) is 4.79 Å². The van der Waals surface area contributed by atoms with Crippen LogP contribution in [0.15, 0.2) is 57.5 Å². The minimum atomic E-state index is -0.139. The van der Waals surface area contributed by atoms with E-state index in [1.807, 2.05) is 24.3 Å². The van der Waals surface area contributed by atoms with Crippen LogP contribution in [0.1, 0.15) is 34.7 Å². The molecule has 1 aliphatic rings. The smallest absolute Gasteiger partial charge is 0.251 e. The van der Waals surface area contributed by atoms with E-state index in [1.165, 1.54) is 5.56 Å². The van der Waals surface area contributed by atoms with Crippen molar-refractivity contribution in [3.8, 4) is 11.4 Å².